The van der Waals surface area contributed by atoms with Gasteiger partial charge in [0.15, 0.2) is 5.69 Å². The van der Waals surface area contributed by atoms with E-state index >= 15 is 0 Å². The summed E-state index contributed by atoms with van der Waals surface area (Å²) in [7, 11) is 1.86. The highest BCUT2D eigenvalue weighted by Crippen LogP contribution is 2.30. The molecule has 0 aliphatic rings. The van der Waals surface area contributed by atoms with E-state index in [0.717, 1.165) is 32.1 Å². The van der Waals surface area contributed by atoms with Crippen LogP contribution in [0.4, 0.5) is 0 Å². The van der Waals surface area contributed by atoms with Gasteiger partial charge in [-0.1, -0.05) is 39.7 Å². The van der Waals surface area contributed by atoms with Crippen molar-refractivity contribution in [3.05, 3.63) is 62.2 Å². The van der Waals surface area contributed by atoms with E-state index in [-0.39, 0.29) is 5.91 Å². The minimum absolute atomic E-state index is 0.189. The third-order valence-electron chi connectivity index (χ3n) is 4.21. The third-order valence-corrected chi connectivity index (χ3v) is 5.29. The van der Waals surface area contributed by atoms with E-state index in [1.54, 1.807) is 4.68 Å². The Morgan fingerprint density at radius 2 is 1.92 bits per heavy atom. The van der Waals surface area contributed by atoms with Crippen molar-refractivity contribution >= 4 is 44.3 Å². The highest BCUT2D eigenvalue weighted by molar-refractivity contribution is 9.10. The Hall–Kier alpha value is -1.85. The zero-order valence-electron chi connectivity index (χ0n) is 13.7. The minimum Gasteiger partial charge on any atom is -0.347 e. The molecule has 0 radical (unpaired) electrons. The Bertz CT molecular complexity index is 932. The molecule has 6 heteroatoms. The Balaban J connectivity index is 1.91. The van der Waals surface area contributed by atoms with Crippen molar-refractivity contribution in [1.82, 2.24) is 15.1 Å². The van der Waals surface area contributed by atoms with Gasteiger partial charge in [-0.3, -0.25) is 9.48 Å². The number of amides is 1. The summed E-state index contributed by atoms with van der Waals surface area (Å²) < 4.78 is 2.74. The van der Waals surface area contributed by atoms with Crippen LogP contribution < -0.4 is 5.32 Å². The van der Waals surface area contributed by atoms with Gasteiger partial charge >= 0.3 is 0 Å². The second-order valence-electron chi connectivity index (χ2n) is 5.79. The molecule has 0 saturated heterocycles. The van der Waals surface area contributed by atoms with Gasteiger partial charge in [0.1, 0.15) is 0 Å². The summed E-state index contributed by atoms with van der Waals surface area (Å²) in [5.74, 6) is -0.189. The first-order chi connectivity index (χ1) is 11.4. The summed E-state index contributed by atoms with van der Waals surface area (Å²) >= 11 is 9.44. The van der Waals surface area contributed by atoms with Gasteiger partial charge < -0.3 is 5.32 Å². The Morgan fingerprint density at radius 1 is 1.25 bits per heavy atom. The number of rotatable bonds is 3. The molecule has 1 amide bonds. The predicted octanol–water partition coefficient (Wildman–Crippen LogP) is 4.54. The average molecular weight is 407 g/mol. The fourth-order valence-corrected chi connectivity index (χ4v) is 3.40. The van der Waals surface area contributed by atoms with Crippen LogP contribution in [0.25, 0.3) is 10.9 Å². The molecule has 1 heterocycles. The molecule has 0 spiro atoms. The van der Waals surface area contributed by atoms with Crippen molar-refractivity contribution in [2.75, 3.05) is 0 Å². The largest absolute Gasteiger partial charge is 0.347 e. The molecule has 2 aromatic carbocycles. The summed E-state index contributed by atoms with van der Waals surface area (Å²) in [5.41, 5.74) is 4.67. The van der Waals surface area contributed by atoms with Crippen molar-refractivity contribution in [3.63, 3.8) is 0 Å². The summed E-state index contributed by atoms with van der Waals surface area (Å²) in [4.78, 5) is 12.6. The monoisotopic (exact) mass is 405 g/mol. The normalized spacial score (nSPS) is 11.0. The van der Waals surface area contributed by atoms with E-state index in [9.17, 15) is 4.79 Å². The Labute approximate surface area is 153 Å². The van der Waals surface area contributed by atoms with Crippen LogP contribution in [0.3, 0.4) is 0 Å². The number of aryl methyl sites for hydroxylation is 2. The average Bonchev–Trinajstić information content (AvgIpc) is 2.88. The first-order valence-electron chi connectivity index (χ1n) is 7.53. The number of hydrogen-bond donors (Lipinski definition) is 1. The topological polar surface area (TPSA) is 46.9 Å². The van der Waals surface area contributed by atoms with Crippen LogP contribution in [-0.2, 0) is 13.6 Å². The third kappa shape index (κ3) is 3.06. The van der Waals surface area contributed by atoms with Crippen molar-refractivity contribution in [2.45, 2.75) is 20.4 Å². The predicted molar refractivity (Wildman–Crippen MR) is 101 cm³/mol. The molecule has 3 aromatic rings. The molecule has 3 rings (SSSR count). The molecule has 0 bridgehead atoms. The maximum atomic E-state index is 12.6. The molecule has 1 N–H and O–H groups in total. The van der Waals surface area contributed by atoms with Crippen LogP contribution in [0.15, 0.2) is 34.8 Å². The van der Waals surface area contributed by atoms with Crippen LogP contribution >= 0.6 is 27.5 Å². The van der Waals surface area contributed by atoms with Gasteiger partial charge in [0.25, 0.3) is 5.91 Å². The number of fused-ring (bicyclic) bond motifs is 1. The number of carbonyl (C=O) groups is 1. The Morgan fingerprint density at radius 3 is 2.58 bits per heavy atom. The van der Waals surface area contributed by atoms with Crippen LogP contribution in [0.5, 0.6) is 0 Å². The molecule has 124 valence electrons. The lowest BCUT2D eigenvalue weighted by atomic mass is 10.1. The fourth-order valence-electron chi connectivity index (χ4n) is 2.75. The second kappa shape index (κ2) is 6.57. The van der Waals surface area contributed by atoms with Crippen LogP contribution in [0.1, 0.15) is 27.2 Å². The quantitative estimate of drug-likeness (QED) is 0.694. The first kappa shape index (κ1) is 17.0. The lowest BCUT2D eigenvalue weighted by Crippen LogP contribution is -2.23. The number of nitrogens with one attached hydrogen (secondary N) is 1. The van der Waals surface area contributed by atoms with E-state index < -0.39 is 0 Å². The zero-order valence-corrected chi connectivity index (χ0v) is 16.0. The number of aromatic nitrogens is 2. The molecule has 0 fully saturated rings. The molecular formula is C18H17BrClN3O. The van der Waals surface area contributed by atoms with E-state index in [1.165, 1.54) is 0 Å². The molecule has 0 atom stereocenters. The molecule has 24 heavy (non-hydrogen) atoms. The number of carbonyl (C=O) groups excluding carboxylic acids is 1. The van der Waals surface area contributed by atoms with Gasteiger partial charge in [-0.25, -0.2) is 0 Å². The van der Waals surface area contributed by atoms with Gasteiger partial charge in [0.2, 0.25) is 0 Å². The summed E-state index contributed by atoms with van der Waals surface area (Å²) in [6.45, 7) is 4.52. The van der Waals surface area contributed by atoms with E-state index in [4.69, 9.17) is 11.6 Å². The van der Waals surface area contributed by atoms with E-state index in [0.29, 0.717) is 17.3 Å². The van der Waals surface area contributed by atoms with Gasteiger partial charge in [-0.2, -0.15) is 5.10 Å². The lowest BCUT2D eigenvalue weighted by Gasteiger charge is -2.07. The Kier molecular flexibility index (Phi) is 4.65. The summed E-state index contributed by atoms with van der Waals surface area (Å²) in [6.07, 6.45) is 0. The second-order valence-corrected chi connectivity index (χ2v) is 7.08. The van der Waals surface area contributed by atoms with Crippen LogP contribution in [-0.4, -0.2) is 15.7 Å². The van der Waals surface area contributed by atoms with Gasteiger partial charge in [-0.05, 0) is 48.7 Å². The maximum absolute atomic E-state index is 12.6. The van der Waals surface area contributed by atoms with Crippen molar-refractivity contribution in [1.29, 1.82) is 0 Å². The fraction of sp³-hybridized carbons (Fsp3) is 0.222. The molecule has 0 aliphatic carbocycles. The van der Waals surface area contributed by atoms with Gasteiger partial charge in [-0.15, -0.1) is 0 Å². The maximum Gasteiger partial charge on any atom is 0.272 e. The highest BCUT2D eigenvalue weighted by Gasteiger charge is 2.19. The number of nitrogens with zero attached hydrogens (tertiary/aromatic N) is 2. The van der Waals surface area contributed by atoms with Crippen molar-refractivity contribution in [2.24, 2.45) is 7.05 Å². The van der Waals surface area contributed by atoms with Crippen LogP contribution in [0.2, 0.25) is 5.02 Å². The standard InChI is InChI=1S/C18H17BrClN3O/c1-10-11(2)17-14(8-15(10)19)16(22-23(17)3)18(24)21-9-12-4-6-13(20)7-5-12/h4-8H,9H2,1-3H3,(H,21,24). The van der Waals surface area contributed by atoms with E-state index in [2.05, 4.69) is 26.3 Å². The zero-order chi connectivity index (χ0) is 17.4. The van der Waals surface area contributed by atoms with E-state index in [1.807, 2.05) is 51.2 Å². The number of benzene rings is 2. The van der Waals surface area contributed by atoms with Crippen LogP contribution in [0, 0.1) is 13.8 Å². The molecule has 4 nitrogen and oxygen atoms in total. The minimum atomic E-state index is -0.189. The van der Waals surface area contributed by atoms with Crippen molar-refractivity contribution < 1.29 is 4.79 Å². The summed E-state index contributed by atoms with van der Waals surface area (Å²) in [6, 6.07) is 9.36. The number of hydrogen-bond acceptors (Lipinski definition) is 2. The number of halogens is 2. The molecule has 0 unspecified atom stereocenters. The highest BCUT2D eigenvalue weighted by atomic mass is 79.9. The lowest BCUT2D eigenvalue weighted by molar-refractivity contribution is 0.0947. The molecule has 0 saturated carbocycles. The smallest absolute Gasteiger partial charge is 0.272 e. The molecule has 0 aliphatic heterocycles. The van der Waals surface area contributed by atoms with Gasteiger partial charge in [0.05, 0.1) is 5.52 Å². The molecule has 1 aromatic heterocycles. The SMILES string of the molecule is Cc1c(Br)cc2c(C(=O)NCc3ccc(Cl)cc3)nn(C)c2c1C. The van der Waals surface area contributed by atoms with Gasteiger partial charge in [0, 0.05) is 28.5 Å². The summed E-state index contributed by atoms with van der Waals surface area (Å²) in [5, 5.41) is 8.87. The molecular weight excluding hydrogens is 390 g/mol. The van der Waals surface area contributed by atoms with Crippen molar-refractivity contribution in [3.8, 4) is 0 Å². The first-order valence-corrected chi connectivity index (χ1v) is 8.70.